The van der Waals surface area contributed by atoms with Gasteiger partial charge in [0, 0.05) is 13.1 Å². The molecule has 1 N–H and O–H groups in total. The number of nitrogens with one attached hydrogen (secondary N) is 1. The molecule has 6 nitrogen and oxygen atoms in total. The van der Waals surface area contributed by atoms with E-state index in [2.05, 4.69) is 12.2 Å². The monoisotopic (exact) mass is 383 g/mol. The minimum absolute atomic E-state index is 0.163. The van der Waals surface area contributed by atoms with E-state index in [1.165, 1.54) is 0 Å². The fraction of sp³-hybridized carbons (Fsp3) is 0.591. The molecule has 1 aromatic carbocycles. The van der Waals surface area contributed by atoms with Crippen molar-refractivity contribution in [3.63, 3.8) is 0 Å². The molecule has 1 aliphatic heterocycles. The summed E-state index contributed by atoms with van der Waals surface area (Å²) in [5.74, 6) is 0.254. The maximum absolute atomic E-state index is 13.3. The molecule has 4 rings (SSSR count). The van der Waals surface area contributed by atoms with Crippen molar-refractivity contribution in [3.05, 3.63) is 35.4 Å². The number of nitrogens with zero attached hydrogens (tertiary/aromatic N) is 2. The molecule has 1 heterocycles. The van der Waals surface area contributed by atoms with Gasteiger partial charge in [-0.2, -0.15) is 0 Å². The van der Waals surface area contributed by atoms with Crippen LogP contribution in [0.5, 0.6) is 0 Å². The first-order valence-electron chi connectivity index (χ1n) is 10.4. The Hall–Kier alpha value is -2.37. The number of urea groups is 1. The van der Waals surface area contributed by atoms with Crippen LogP contribution in [0, 0.1) is 5.92 Å². The summed E-state index contributed by atoms with van der Waals surface area (Å²) in [6.45, 7) is 2.06. The quantitative estimate of drug-likeness (QED) is 0.816. The number of carbonyl (C=O) groups excluding carboxylic acids is 3. The molecule has 150 valence electrons. The van der Waals surface area contributed by atoms with E-state index in [1.54, 1.807) is 11.9 Å². The lowest BCUT2D eigenvalue weighted by molar-refractivity contribution is -0.140. The van der Waals surface area contributed by atoms with Gasteiger partial charge < -0.3 is 10.2 Å². The average molecular weight is 383 g/mol. The maximum Gasteiger partial charge on any atom is 0.325 e. The van der Waals surface area contributed by atoms with Crippen LogP contribution in [-0.2, 0) is 21.5 Å². The summed E-state index contributed by atoms with van der Waals surface area (Å²) in [5.41, 5.74) is 0.971. The Morgan fingerprint density at radius 3 is 2.68 bits per heavy atom. The van der Waals surface area contributed by atoms with Crippen LogP contribution in [0.15, 0.2) is 24.3 Å². The summed E-state index contributed by atoms with van der Waals surface area (Å²) < 4.78 is 0. The van der Waals surface area contributed by atoms with Crippen LogP contribution in [0.25, 0.3) is 0 Å². The van der Waals surface area contributed by atoms with E-state index in [0.717, 1.165) is 54.6 Å². The minimum atomic E-state index is -1.01. The molecule has 3 aliphatic rings. The van der Waals surface area contributed by atoms with E-state index in [4.69, 9.17) is 0 Å². The second kappa shape index (κ2) is 7.22. The number of rotatable bonds is 3. The van der Waals surface area contributed by atoms with Crippen molar-refractivity contribution in [2.45, 2.75) is 63.5 Å². The first kappa shape index (κ1) is 19.0. The fourth-order valence-electron chi connectivity index (χ4n) is 5.04. The van der Waals surface area contributed by atoms with Gasteiger partial charge in [-0.05, 0) is 62.0 Å². The Labute approximate surface area is 166 Å². The topological polar surface area (TPSA) is 69.7 Å². The first-order valence-corrected chi connectivity index (χ1v) is 10.4. The van der Waals surface area contributed by atoms with Crippen molar-refractivity contribution >= 4 is 17.8 Å². The molecular weight excluding hydrogens is 354 g/mol. The second-order valence-corrected chi connectivity index (χ2v) is 8.66. The van der Waals surface area contributed by atoms with Crippen LogP contribution in [0.4, 0.5) is 4.79 Å². The SMILES string of the molecule is CC1CCC(N(C)C(=O)CN2C(=O)NC3(CCCc4ccccc43)C2=O)CC1. The molecule has 0 aromatic heterocycles. The Bertz CT molecular complexity index is 800. The normalized spacial score (nSPS) is 29.6. The van der Waals surface area contributed by atoms with Gasteiger partial charge in [0.1, 0.15) is 12.1 Å². The first-order chi connectivity index (χ1) is 13.4. The number of carbonyl (C=O) groups is 3. The molecule has 1 spiro atoms. The number of hydrogen-bond acceptors (Lipinski definition) is 3. The van der Waals surface area contributed by atoms with Gasteiger partial charge >= 0.3 is 6.03 Å². The van der Waals surface area contributed by atoms with E-state index in [-0.39, 0.29) is 24.4 Å². The number of fused-ring (bicyclic) bond motifs is 2. The van der Waals surface area contributed by atoms with E-state index in [9.17, 15) is 14.4 Å². The number of benzene rings is 1. The number of hydrogen-bond donors (Lipinski definition) is 1. The average Bonchev–Trinajstić information content (AvgIpc) is 2.93. The standard InChI is InChI=1S/C22H29N3O3/c1-15-9-11-17(12-10-15)24(2)19(26)14-25-20(27)22(23-21(25)28)13-5-7-16-6-3-4-8-18(16)22/h3-4,6,8,15,17H,5,7,9-14H2,1-2H3,(H,23,28). The smallest absolute Gasteiger partial charge is 0.325 e. The largest absolute Gasteiger partial charge is 0.341 e. The fourth-order valence-corrected chi connectivity index (χ4v) is 5.04. The summed E-state index contributed by atoms with van der Waals surface area (Å²) in [6, 6.07) is 7.54. The number of likely N-dealkylation sites (N-methyl/N-ethyl adjacent to an activating group) is 1. The third-order valence-electron chi connectivity index (χ3n) is 6.87. The van der Waals surface area contributed by atoms with Crippen LogP contribution >= 0.6 is 0 Å². The van der Waals surface area contributed by atoms with Gasteiger partial charge in [-0.25, -0.2) is 4.79 Å². The van der Waals surface area contributed by atoms with Crippen LogP contribution in [0.2, 0.25) is 0 Å². The lowest BCUT2D eigenvalue weighted by Crippen LogP contribution is -2.48. The van der Waals surface area contributed by atoms with Crippen LogP contribution < -0.4 is 5.32 Å². The van der Waals surface area contributed by atoms with Gasteiger partial charge in [0.05, 0.1) is 0 Å². The molecule has 28 heavy (non-hydrogen) atoms. The molecule has 6 heteroatoms. The third-order valence-corrected chi connectivity index (χ3v) is 6.87. The lowest BCUT2D eigenvalue weighted by Gasteiger charge is -2.35. The molecule has 2 aliphatic carbocycles. The molecule has 0 bridgehead atoms. The van der Waals surface area contributed by atoms with Gasteiger partial charge in [-0.15, -0.1) is 0 Å². The van der Waals surface area contributed by atoms with Crippen LogP contribution in [0.1, 0.15) is 56.6 Å². The van der Waals surface area contributed by atoms with E-state index < -0.39 is 11.6 Å². The van der Waals surface area contributed by atoms with E-state index >= 15 is 0 Å². The van der Waals surface area contributed by atoms with Crippen LogP contribution in [0.3, 0.4) is 0 Å². The predicted octanol–water partition coefficient (Wildman–Crippen LogP) is 2.81. The van der Waals surface area contributed by atoms with Gasteiger partial charge in [0.2, 0.25) is 5.91 Å². The predicted molar refractivity (Wildman–Crippen MR) is 105 cm³/mol. The molecule has 2 fully saturated rings. The zero-order valence-electron chi connectivity index (χ0n) is 16.7. The lowest BCUT2D eigenvalue weighted by atomic mass is 9.76. The molecule has 0 radical (unpaired) electrons. The Morgan fingerprint density at radius 1 is 1.21 bits per heavy atom. The molecule has 1 saturated carbocycles. The molecule has 4 amide bonds. The summed E-state index contributed by atoms with van der Waals surface area (Å²) in [4.78, 5) is 41.7. The third kappa shape index (κ3) is 3.09. The molecule has 1 saturated heterocycles. The van der Waals surface area contributed by atoms with Gasteiger partial charge in [0.15, 0.2) is 0 Å². The zero-order chi connectivity index (χ0) is 19.9. The highest BCUT2D eigenvalue weighted by atomic mass is 16.2. The maximum atomic E-state index is 13.3. The van der Waals surface area contributed by atoms with Crippen molar-refractivity contribution in [1.29, 1.82) is 0 Å². The highest BCUT2D eigenvalue weighted by Crippen LogP contribution is 2.39. The van der Waals surface area contributed by atoms with Gasteiger partial charge in [-0.1, -0.05) is 31.2 Å². The van der Waals surface area contributed by atoms with Crippen molar-refractivity contribution in [2.75, 3.05) is 13.6 Å². The molecule has 1 unspecified atom stereocenters. The molecular formula is C22H29N3O3. The van der Waals surface area contributed by atoms with Gasteiger partial charge in [0.25, 0.3) is 5.91 Å². The van der Waals surface area contributed by atoms with Crippen molar-refractivity contribution < 1.29 is 14.4 Å². The van der Waals surface area contributed by atoms with Crippen LogP contribution in [-0.4, -0.2) is 47.3 Å². The summed E-state index contributed by atoms with van der Waals surface area (Å²) in [6.07, 6.45) is 6.53. The summed E-state index contributed by atoms with van der Waals surface area (Å²) in [7, 11) is 1.80. The Kier molecular flexibility index (Phi) is 4.89. The van der Waals surface area contributed by atoms with Crippen molar-refractivity contribution in [2.24, 2.45) is 5.92 Å². The molecule has 1 atom stereocenters. The highest BCUT2D eigenvalue weighted by molar-refractivity contribution is 6.09. The molecule has 1 aromatic rings. The Morgan fingerprint density at radius 2 is 1.93 bits per heavy atom. The van der Waals surface area contributed by atoms with Crippen molar-refractivity contribution in [1.82, 2.24) is 15.1 Å². The van der Waals surface area contributed by atoms with E-state index in [1.807, 2.05) is 24.3 Å². The minimum Gasteiger partial charge on any atom is -0.341 e. The second-order valence-electron chi connectivity index (χ2n) is 8.66. The van der Waals surface area contributed by atoms with Gasteiger partial charge in [-0.3, -0.25) is 14.5 Å². The highest BCUT2D eigenvalue weighted by Gasteiger charge is 2.54. The number of aryl methyl sites for hydroxylation is 1. The summed E-state index contributed by atoms with van der Waals surface area (Å²) >= 11 is 0. The van der Waals surface area contributed by atoms with E-state index in [0.29, 0.717) is 12.3 Å². The Balaban J connectivity index is 1.50. The summed E-state index contributed by atoms with van der Waals surface area (Å²) in [5, 5.41) is 2.92. The zero-order valence-corrected chi connectivity index (χ0v) is 16.7. The number of amides is 4. The number of imide groups is 1. The van der Waals surface area contributed by atoms with Crippen molar-refractivity contribution in [3.8, 4) is 0 Å².